The minimum absolute atomic E-state index is 0.0481. The lowest BCUT2D eigenvalue weighted by molar-refractivity contribution is 0.0693. The zero-order valence-electron chi connectivity index (χ0n) is 23.3. The molecule has 2 aromatic carbocycles. The molecule has 0 saturated carbocycles. The van der Waals surface area contributed by atoms with E-state index in [2.05, 4.69) is 10.3 Å². The lowest BCUT2D eigenvalue weighted by Crippen LogP contribution is -2.24. The lowest BCUT2D eigenvalue weighted by atomic mass is 9.88. The van der Waals surface area contributed by atoms with Crippen molar-refractivity contribution in [2.75, 3.05) is 19.5 Å². The molecule has 0 amide bonds. The number of carboxylic acids is 1. The molecule has 0 spiro atoms. The van der Waals surface area contributed by atoms with Crippen LogP contribution < -0.4 is 10.1 Å². The van der Waals surface area contributed by atoms with Crippen molar-refractivity contribution in [1.29, 1.82) is 0 Å². The van der Waals surface area contributed by atoms with Crippen LogP contribution in [0.25, 0.3) is 22.5 Å². The Balaban J connectivity index is 1.48. The molecule has 42 heavy (non-hydrogen) atoms. The maximum atomic E-state index is 15.5. The Morgan fingerprint density at radius 1 is 1.14 bits per heavy atom. The summed E-state index contributed by atoms with van der Waals surface area (Å²) in [6.07, 6.45) is 6.97. The van der Waals surface area contributed by atoms with Gasteiger partial charge in [-0.15, -0.1) is 0 Å². The van der Waals surface area contributed by atoms with Crippen LogP contribution in [-0.2, 0) is 18.3 Å². The van der Waals surface area contributed by atoms with Gasteiger partial charge in [-0.3, -0.25) is 4.99 Å². The van der Waals surface area contributed by atoms with E-state index in [-0.39, 0.29) is 23.7 Å². The average molecular weight is 566 g/mol. The summed E-state index contributed by atoms with van der Waals surface area (Å²) in [7, 11) is 4.96. The van der Waals surface area contributed by atoms with E-state index in [1.54, 1.807) is 31.5 Å². The first-order valence-corrected chi connectivity index (χ1v) is 13.3. The topological polar surface area (TPSA) is 111 Å². The van der Waals surface area contributed by atoms with Gasteiger partial charge in [0.2, 0.25) is 5.95 Å². The van der Waals surface area contributed by atoms with E-state index in [1.165, 1.54) is 19.3 Å². The van der Waals surface area contributed by atoms with E-state index in [0.29, 0.717) is 35.0 Å². The number of aromatic nitrogens is 3. The first kappa shape index (κ1) is 27.1. The van der Waals surface area contributed by atoms with Gasteiger partial charge in [0.15, 0.2) is 0 Å². The van der Waals surface area contributed by atoms with Gasteiger partial charge in [-0.05, 0) is 48.4 Å². The number of fused-ring (bicyclic) bond motifs is 3. The van der Waals surface area contributed by atoms with E-state index in [0.717, 1.165) is 27.9 Å². The summed E-state index contributed by atoms with van der Waals surface area (Å²) in [6, 6.07) is 14.7. The van der Waals surface area contributed by atoms with Gasteiger partial charge in [0.25, 0.3) is 0 Å². The van der Waals surface area contributed by atoms with Gasteiger partial charge in [-0.25, -0.2) is 19.2 Å². The summed E-state index contributed by atoms with van der Waals surface area (Å²) in [6.45, 7) is 0.247. The number of rotatable bonds is 7. The smallest absolute Gasteiger partial charge is 0.339 e. The van der Waals surface area contributed by atoms with Crippen LogP contribution >= 0.6 is 0 Å². The Morgan fingerprint density at radius 2 is 2.00 bits per heavy atom. The highest BCUT2D eigenvalue weighted by atomic mass is 19.1. The molecule has 1 aliphatic carbocycles. The van der Waals surface area contributed by atoms with Crippen LogP contribution in [0.5, 0.6) is 5.75 Å². The third-order valence-electron chi connectivity index (χ3n) is 7.46. The Morgan fingerprint density at radius 3 is 2.74 bits per heavy atom. The van der Waals surface area contributed by atoms with E-state index in [4.69, 9.17) is 19.5 Å². The molecule has 212 valence electrons. The molecule has 1 unspecified atom stereocenters. The Hall–Kier alpha value is -5.09. The van der Waals surface area contributed by atoms with Gasteiger partial charge in [0.1, 0.15) is 17.1 Å². The average Bonchev–Trinajstić information content (AvgIpc) is 3.36. The van der Waals surface area contributed by atoms with Crippen LogP contribution in [0.15, 0.2) is 89.5 Å². The monoisotopic (exact) mass is 565 g/mol. The molecule has 3 heterocycles. The zero-order chi connectivity index (χ0) is 29.4. The number of aromatic carboxylic acids is 1. The fourth-order valence-electron chi connectivity index (χ4n) is 5.37. The molecular weight excluding hydrogens is 537 g/mol. The van der Waals surface area contributed by atoms with E-state index < -0.39 is 12.1 Å². The van der Waals surface area contributed by atoms with Crippen LogP contribution in [0.2, 0.25) is 0 Å². The lowest BCUT2D eigenvalue weighted by Gasteiger charge is -2.23. The van der Waals surface area contributed by atoms with Crippen LogP contribution in [-0.4, -0.2) is 51.6 Å². The summed E-state index contributed by atoms with van der Waals surface area (Å²) in [5.41, 5.74) is 6.48. The fraction of sp³-hybridized carbons (Fsp3) is 0.188. The fourth-order valence-corrected chi connectivity index (χ4v) is 5.37. The molecule has 4 aromatic rings. The minimum Gasteiger partial charge on any atom is -0.496 e. The van der Waals surface area contributed by atoms with Gasteiger partial charge in [0, 0.05) is 66.3 Å². The molecule has 9 nitrogen and oxygen atoms in total. The highest BCUT2D eigenvalue weighted by Crippen LogP contribution is 2.38. The SMILES string of the molecule is COc1cc(Nc2ncc3c(n2)-c2ccc(-c4cccn4C)cc2C(C2=C(F)C=CCC2OC)=NC3)ccc1C(=O)O. The number of aliphatic imine (C=N–C) groups is 1. The first-order chi connectivity index (χ1) is 20.4. The first-order valence-electron chi connectivity index (χ1n) is 13.3. The molecule has 2 N–H and O–H groups in total. The van der Waals surface area contributed by atoms with Crippen molar-refractivity contribution in [3.8, 4) is 28.3 Å². The number of nitrogens with zero attached hydrogens (tertiary/aromatic N) is 4. The summed E-state index contributed by atoms with van der Waals surface area (Å²) in [4.78, 5) is 25.8. The molecule has 2 aliphatic rings. The number of nitrogens with one attached hydrogen (secondary N) is 1. The molecule has 10 heteroatoms. The van der Waals surface area contributed by atoms with Crippen LogP contribution in [0.4, 0.5) is 16.0 Å². The zero-order valence-corrected chi connectivity index (χ0v) is 23.3. The van der Waals surface area contributed by atoms with Crippen molar-refractivity contribution in [2.45, 2.75) is 19.1 Å². The quantitative estimate of drug-likeness (QED) is 0.279. The summed E-state index contributed by atoms with van der Waals surface area (Å²) in [5, 5.41) is 12.6. The van der Waals surface area contributed by atoms with Crippen molar-refractivity contribution in [2.24, 2.45) is 12.0 Å². The van der Waals surface area contributed by atoms with Gasteiger partial charge < -0.3 is 24.5 Å². The number of carbonyl (C=O) groups is 1. The van der Waals surface area contributed by atoms with E-state index in [9.17, 15) is 9.90 Å². The standard InChI is InChI=1S/C32H28FN5O4/c1-38-13-5-7-25(38)18-9-11-21-23(14-18)30(28-24(33)6-4-8-26(28)41-2)34-16-19-17-35-32(37-29(19)21)36-20-10-12-22(31(39)40)27(15-20)42-3/h4-7,9-15,17,26H,8,16H2,1-3H3,(H,39,40)(H,35,36,37). The number of halogens is 1. The Kier molecular flexibility index (Phi) is 7.13. The molecule has 1 atom stereocenters. The number of aryl methyl sites for hydroxylation is 1. The molecule has 1 aliphatic heterocycles. The largest absolute Gasteiger partial charge is 0.496 e. The maximum Gasteiger partial charge on any atom is 0.339 e. The van der Waals surface area contributed by atoms with Crippen LogP contribution in [0.1, 0.15) is 27.9 Å². The van der Waals surface area contributed by atoms with E-state index in [1.807, 2.05) is 48.1 Å². The molecule has 0 bridgehead atoms. The molecule has 0 fully saturated rings. The number of hydrogen-bond acceptors (Lipinski definition) is 7. The number of carboxylic acid groups (broad SMARTS) is 1. The third-order valence-corrected chi connectivity index (χ3v) is 7.46. The van der Waals surface area contributed by atoms with Crippen molar-refractivity contribution in [3.05, 3.63) is 101 Å². The van der Waals surface area contributed by atoms with Gasteiger partial charge >= 0.3 is 5.97 Å². The second kappa shape index (κ2) is 11.1. The van der Waals surface area contributed by atoms with Crippen molar-refractivity contribution < 1.29 is 23.8 Å². The Labute approximate surface area is 241 Å². The second-order valence-corrected chi connectivity index (χ2v) is 9.97. The number of methoxy groups -OCH3 is 2. The van der Waals surface area contributed by atoms with Crippen molar-refractivity contribution >= 4 is 23.3 Å². The summed E-state index contributed by atoms with van der Waals surface area (Å²) < 4.78 is 28.4. The van der Waals surface area contributed by atoms with Gasteiger partial charge in [-0.2, -0.15) is 0 Å². The number of benzene rings is 2. The summed E-state index contributed by atoms with van der Waals surface area (Å²) >= 11 is 0. The molecule has 2 aromatic heterocycles. The van der Waals surface area contributed by atoms with Crippen LogP contribution in [0, 0.1) is 0 Å². The highest BCUT2D eigenvalue weighted by Gasteiger charge is 2.30. The molecule has 0 saturated heterocycles. The Bertz CT molecular complexity index is 1810. The number of anilines is 2. The molecule has 6 rings (SSSR count). The van der Waals surface area contributed by atoms with Gasteiger partial charge in [0.05, 0.1) is 31.2 Å². The molecular formula is C32H28FN5O4. The third kappa shape index (κ3) is 4.86. The minimum atomic E-state index is -1.09. The highest BCUT2D eigenvalue weighted by molar-refractivity contribution is 6.18. The normalized spacial score (nSPS) is 15.9. The predicted octanol–water partition coefficient (Wildman–Crippen LogP) is 6.10. The summed E-state index contributed by atoms with van der Waals surface area (Å²) in [5.74, 6) is -0.943. The van der Waals surface area contributed by atoms with E-state index >= 15 is 4.39 Å². The van der Waals surface area contributed by atoms with Crippen molar-refractivity contribution in [1.82, 2.24) is 14.5 Å². The predicted molar refractivity (Wildman–Crippen MR) is 158 cm³/mol. The molecule has 0 radical (unpaired) electrons. The van der Waals surface area contributed by atoms with Crippen LogP contribution in [0.3, 0.4) is 0 Å². The van der Waals surface area contributed by atoms with Gasteiger partial charge in [-0.1, -0.05) is 18.2 Å². The number of ether oxygens (including phenoxy) is 2. The number of allylic oxidation sites excluding steroid dienone is 2. The second-order valence-electron chi connectivity index (χ2n) is 9.97. The number of hydrogen-bond donors (Lipinski definition) is 2. The maximum absolute atomic E-state index is 15.5. The van der Waals surface area contributed by atoms with Crippen molar-refractivity contribution in [3.63, 3.8) is 0 Å².